The van der Waals surface area contributed by atoms with Crippen molar-refractivity contribution in [3.8, 4) is 11.5 Å². The SMILES string of the molecule is Nc1ncnc2c1nc(Sc1cc3c(cc1I)OCCO3)n2CCCS(=O)(=O)NC1CC1. The number of rotatable bonds is 8. The lowest BCUT2D eigenvalue weighted by atomic mass is 10.3. The van der Waals surface area contributed by atoms with Crippen LogP contribution in [-0.4, -0.2) is 52.9 Å². The van der Waals surface area contributed by atoms with Gasteiger partial charge in [0, 0.05) is 21.1 Å². The van der Waals surface area contributed by atoms with Crippen LogP contribution in [-0.2, 0) is 16.6 Å². The topological polar surface area (TPSA) is 134 Å². The van der Waals surface area contributed by atoms with Gasteiger partial charge in [0.25, 0.3) is 0 Å². The van der Waals surface area contributed by atoms with Gasteiger partial charge in [-0.15, -0.1) is 0 Å². The molecule has 0 spiro atoms. The van der Waals surface area contributed by atoms with E-state index in [0.29, 0.717) is 48.2 Å². The summed E-state index contributed by atoms with van der Waals surface area (Å²) in [5.41, 5.74) is 7.12. The van der Waals surface area contributed by atoms with E-state index in [1.807, 2.05) is 16.7 Å². The largest absolute Gasteiger partial charge is 0.486 e. The van der Waals surface area contributed by atoms with E-state index in [1.54, 1.807) is 0 Å². The summed E-state index contributed by atoms with van der Waals surface area (Å²) in [7, 11) is -3.30. The van der Waals surface area contributed by atoms with Crippen molar-refractivity contribution in [2.24, 2.45) is 0 Å². The van der Waals surface area contributed by atoms with E-state index < -0.39 is 10.0 Å². The van der Waals surface area contributed by atoms with Crippen LogP contribution >= 0.6 is 34.4 Å². The number of nitrogens with two attached hydrogens (primary N) is 1. The van der Waals surface area contributed by atoms with Gasteiger partial charge in [-0.25, -0.2) is 28.1 Å². The Balaban J connectivity index is 1.43. The number of nitrogen functional groups attached to an aromatic ring is 1. The Morgan fingerprint density at radius 2 is 1.97 bits per heavy atom. The first-order valence-corrected chi connectivity index (χ1v) is 13.7. The summed E-state index contributed by atoms with van der Waals surface area (Å²) in [5.74, 6) is 1.74. The summed E-state index contributed by atoms with van der Waals surface area (Å²) in [6, 6.07) is 3.98. The maximum atomic E-state index is 12.3. The fourth-order valence-corrected chi connectivity index (χ4v) is 6.45. The molecule has 1 saturated carbocycles. The fraction of sp³-hybridized carbons (Fsp3) is 0.421. The number of imidazole rings is 1. The predicted octanol–water partition coefficient (Wildman–Crippen LogP) is 2.41. The molecule has 3 heterocycles. The van der Waals surface area contributed by atoms with Crippen LogP contribution in [0.3, 0.4) is 0 Å². The Bertz CT molecular complexity index is 1280. The Morgan fingerprint density at radius 3 is 2.72 bits per heavy atom. The number of benzene rings is 1. The van der Waals surface area contributed by atoms with E-state index in [4.69, 9.17) is 15.2 Å². The number of anilines is 1. The second kappa shape index (κ2) is 8.83. The first-order valence-electron chi connectivity index (χ1n) is 10.1. The van der Waals surface area contributed by atoms with Gasteiger partial charge in [-0.2, -0.15) is 0 Å². The number of halogens is 1. The van der Waals surface area contributed by atoms with Gasteiger partial charge in [-0.3, -0.25) is 0 Å². The van der Waals surface area contributed by atoms with E-state index in [9.17, 15) is 8.42 Å². The molecule has 0 saturated heterocycles. The predicted molar refractivity (Wildman–Crippen MR) is 129 cm³/mol. The molecule has 170 valence electrons. The molecule has 1 aliphatic carbocycles. The molecule has 1 aromatic carbocycles. The number of nitrogens with zero attached hydrogens (tertiary/aromatic N) is 4. The summed E-state index contributed by atoms with van der Waals surface area (Å²) in [4.78, 5) is 14.0. The van der Waals surface area contributed by atoms with Gasteiger partial charge in [-0.1, -0.05) is 11.8 Å². The summed E-state index contributed by atoms with van der Waals surface area (Å²) in [6.45, 7) is 1.47. The van der Waals surface area contributed by atoms with Crippen LogP contribution < -0.4 is 19.9 Å². The number of aryl methyl sites for hydroxylation is 1. The van der Waals surface area contributed by atoms with Crippen molar-refractivity contribution in [1.82, 2.24) is 24.2 Å². The summed E-state index contributed by atoms with van der Waals surface area (Å²) in [5, 5.41) is 0.661. The Morgan fingerprint density at radius 1 is 1.22 bits per heavy atom. The quantitative estimate of drug-likeness (QED) is 0.381. The molecule has 2 aromatic heterocycles. The van der Waals surface area contributed by atoms with Crippen molar-refractivity contribution in [2.45, 2.75) is 41.9 Å². The minimum atomic E-state index is -3.30. The number of nitrogens with one attached hydrogen (secondary N) is 1. The van der Waals surface area contributed by atoms with Crippen molar-refractivity contribution in [3.63, 3.8) is 0 Å². The normalized spacial score (nSPS) is 15.9. The highest BCUT2D eigenvalue weighted by molar-refractivity contribution is 14.1. The molecule has 3 N–H and O–H groups in total. The summed E-state index contributed by atoms with van der Waals surface area (Å²) < 4.78 is 41.5. The molecule has 13 heteroatoms. The lowest BCUT2D eigenvalue weighted by Crippen LogP contribution is -2.28. The van der Waals surface area contributed by atoms with E-state index >= 15 is 0 Å². The average Bonchev–Trinajstić information content (AvgIpc) is 3.48. The standard InChI is InChI=1S/C19H21IN6O4S2/c20-12-8-13-14(30-6-5-29-13)9-15(12)31-19-24-16-17(21)22-10-23-18(16)26(19)4-1-7-32(27,28)25-11-2-3-11/h8-11,25H,1-7H2,(H2,21,22,23). The molecule has 0 bridgehead atoms. The van der Waals surface area contributed by atoms with Crippen LogP contribution in [0.1, 0.15) is 19.3 Å². The van der Waals surface area contributed by atoms with Crippen molar-refractivity contribution in [3.05, 3.63) is 22.0 Å². The third kappa shape index (κ3) is 4.75. The molecule has 1 aliphatic heterocycles. The Labute approximate surface area is 202 Å². The first-order chi connectivity index (χ1) is 15.4. The Kier molecular flexibility index (Phi) is 6.07. The van der Waals surface area contributed by atoms with E-state index in [0.717, 1.165) is 27.1 Å². The zero-order valence-electron chi connectivity index (χ0n) is 17.0. The monoisotopic (exact) mass is 588 g/mol. The van der Waals surface area contributed by atoms with Crippen LogP contribution in [0.4, 0.5) is 5.82 Å². The van der Waals surface area contributed by atoms with Gasteiger partial charge < -0.3 is 19.8 Å². The van der Waals surface area contributed by atoms with E-state index in [-0.39, 0.29) is 17.6 Å². The number of hydrogen-bond acceptors (Lipinski definition) is 9. The van der Waals surface area contributed by atoms with Gasteiger partial charge in [0.2, 0.25) is 10.0 Å². The molecule has 10 nitrogen and oxygen atoms in total. The lowest BCUT2D eigenvalue weighted by Gasteiger charge is -2.19. The zero-order chi connectivity index (χ0) is 22.3. The first kappa shape index (κ1) is 22.0. The minimum absolute atomic E-state index is 0.0371. The molecule has 3 aromatic rings. The van der Waals surface area contributed by atoms with Crippen LogP contribution in [0.25, 0.3) is 11.2 Å². The van der Waals surface area contributed by atoms with Crippen LogP contribution in [0.2, 0.25) is 0 Å². The number of fused-ring (bicyclic) bond motifs is 2. The lowest BCUT2D eigenvalue weighted by molar-refractivity contribution is 0.171. The van der Waals surface area contributed by atoms with Crippen molar-refractivity contribution < 1.29 is 17.9 Å². The molecular formula is C19H21IN6O4S2. The van der Waals surface area contributed by atoms with Gasteiger partial charge in [-0.05, 0) is 54.0 Å². The van der Waals surface area contributed by atoms with Gasteiger partial charge >= 0.3 is 0 Å². The third-order valence-electron chi connectivity index (χ3n) is 5.04. The van der Waals surface area contributed by atoms with Gasteiger partial charge in [0.05, 0.1) is 5.75 Å². The van der Waals surface area contributed by atoms with Crippen LogP contribution in [0, 0.1) is 3.57 Å². The zero-order valence-corrected chi connectivity index (χ0v) is 20.7. The molecular weight excluding hydrogens is 567 g/mol. The number of aromatic nitrogens is 4. The van der Waals surface area contributed by atoms with E-state index in [2.05, 4.69) is 42.3 Å². The van der Waals surface area contributed by atoms with Crippen LogP contribution in [0.5, 0.6) is 11.5 Å². The second-order valence-corrected chi connectivity index (χ2v) is 11.6. The summed E-state index contributed by atoms with van der Waals surface area (Å²) >= 11 is 3.70. The molecule has 5 rings (SSSR count). The maximum Gasteiger partial charge on any atom is 0.211 e. The van der Waals surface area contributed by atoms with Gasteiger partial charge in [0.15, 0.2) is 33.6 Å². The number of sulfonamides is 1. The molecule has 0 radical (unpaired) electrons. The number of hydrogen-bond donors (Lipinski definition) is 2. The highest BCUT2D eigenvalue weighted by Gasteiger charge is 2.27. The Hall–Kier alpha value is -1.84. The highest BCUT2D eigenvalue weighted by atomic mass is 127. The van der Waals surface area contributed by atoms with Crippen molar-refractivity contribution >= 4 is 61.4 Å². The average molecular weight is 588 g/mol. The number of ether oxygens (including phenoxy) is 2. The van der Waals surface area contributed by atoms with Crippen molar-refractivity contribution in [2.75, 3.05) is 24.7 Å². The van der Waals surface area contributed by atoms with Crippen LogP contribution in [0.15, 0.2) is 28.5 Å². The maximum absolute atomic E-state index is 12.3. The second-order valence-electron chi connectivity index (χ2n) is 7.57. The molecule has 0 unspecified atom stereocenters. The molecule has 0 atom stereocenters. The summed E-state index contributed by atoms with van der Waals surface area (Å²) in [6.07, 6.45) is 3.64. The van der Waals surface area contributed by atoms with Gasteiger partial charge in [0.1, 0.15) is 19.5 Å². The van der Waals surface area contributed by atoms with E-state index in [1.165, 1.54) is 18.1 Å². The third-order valence-corrected chi connectivity index (χ3v) is 8.87. The highest BCUT2D eigenvalue weighted by Crippen LogP contribution is 2.40. The molecule has 2 aliphatic rings. The molecule has 0 amide bonds. The fourth-order valence-electron chi connectivity index (χ4n) is 3.36. The molecule has 32 heavy (non-hydrogen) atoms. The molecule has 1 fully saturated rings. The minimum Gasteiger partial charge on any atom is -0.486 e. The smallest absolute Gasteiger partial charge is 0.211 e. The van der Waals surface area contributed by atoms with Crippen molar-refractivity contribution in [1.29, 1.82) is 0 Å².